The van der Waals surface area contributed by atoms with Crippen LogP contribution in [-0.4, -0.2) is 85.8 Å². The van der Waals surface area contributed by atoms with E-state index in [1.54, 1.807) is 42.3 Å². The average Bonchev–Trinajstić information content (AvgIpc) is 3.32. The lowest BCUT2D eigenvalue weighted by molar-refractivity contribution is -0.150. The molecule has 2 fully saturated rings. The van der Waals surface area contributed by atoms with Gasteiger partial charge in [0, 0.05) is 39.3 Å². The molecule has 2 amide bonds. The Labute approximate surface area is 201 Å². The van der Waals surface area contributed by atoms with Crippen molar-refractivity contribution in [1.82, 2.24) is 9.80 Å². The zero-order valence-corrected chi connectivity index (χ0v) is 20.4. The zero-order chi connectivity index (χ0) is 24.7. The van der Waals surface area contributed by atoms with Crippen LogP contribution >= 0.6 is 0 Å². The largest absolute Gasteiger partial charge is 0.480 e. The van der Waals surface area contributed by atoms with Crippen LogP contribution in [-0.2, 0) is 34.7 Å². The van der Waals surface area contributed by atoms with Crippen molar-refractivity contribution in [3.8, 4) is 0 Å². The average molecular weight is 495 g/mol. The quantitative estimate of drug-likeness (QED) is 0.526. The van der Waals surface area contributed by atoms with Crippen LogP contribution in [0.15, 0.2) is 30.3 Å². The van der Waals surface area contributed by atoms with Crippen LogP contribution in [0, 0.1) is 5.92 Å². The van der Waals surface area contributed by atoms with Gasteiger partial charge in [-0.25, -0.2) is 13.2 Å². The number of rotatable bonds is 10. The summed E-state index contributed by atoms with van der Waals surface area (Å²) in [6.07, 6.45) is 2.46. The van der Waals surface area contributed by atoms with E-state index < -0.39 is 39.4 Å². The molecule has 0 aliphatic carbocycles. The number of likely N-dealkylation sites (tertiary alicyclic amines) is 1. The number of sulfone groups is 1. The smallest absolute Gasteiger partial charge is 0.326 e. The van der Waals surface area contributed by atoms with Gasteiger partial charge in [0.15, 0.2) is 9.84 Å². The molecule has 0 saturated carbocycles. The first-order valence-electron chi connectivity index (χ1n) is 11.8. The van der Waals surface area contributed by atoms with Crippen molar-refractivity contribution in [1.29, 1.82) is 0 Å². The number of hydrogen-bond acceptors (Lipinski definition) is 6. The van der Waals surface area contributed by atoms with Gasteiger partial charge in [-0.15, -0.1) is 0 Å². The summed E-state index contributed by atoms with van der Waals surface area (Å²) in [4.78, 5) is 40.7. The highest BCUT2D eigenvalue weighted by Crippen LogP contribution is 2.25. The van der Waals surface area contributed by atoms with E-state index in [-0.39, 0.29) is 37.1 Å². The Hall–Kier alpha value is -2.46. The molecule has 0 spiro atoms. The molecule has 3 rings (SSSR count). The summed E-state index contributed by atoms with van der Waals surface area (Å²) in [5, 5.41) is 9.49. The van der Waals surface area contributed by atoms with Crippen LogP contribution < -0.4 is 0 Å². The van der Waals surface area contributed by atoms with Crippen LogP contribution in [0.2, 0.25) is 0 Å². The minimum Gasteiger partial charge on any atom is -0.480 e. The Morgan fingerprint density at radius 2 is 1.82 bits per heavy atom. The molecular formula is C24H34N2O7S. The highest BCUT2D eigenvalue weighted by atomic mass is 32.2. The van der Waals surface area contributed by atoms with Crippen molar-refractivity contribution in [2.75, 3.05) is 32.6 Å². The maximum Gasteiger partial charge on any atom is 0.326 e. The number of ether oxygens (including phenoxy) is 1. The summed E-state index contributed by atoms with van der Waals surface area (Å²) < 4.78 is 31.3. The Balaban J connectivity index is 1.72. The van der Waals surface area contributed by atoms with E-state index >= 15 is 0 Å². The predicted molar refractivity (Wildman–Crippen MR) is 126 cm³/mol. The van der Waals surface area contributed by atoms with Gasteiger partial charge in [-0.2, -0.15) is 0 Å². The molecule has 0 radical (unpaired) electrons. The van der Waals surface area contributed by atoms with Crippen molar-refractivity contribution in [3.05, 3.63) is 35.9 Å². The van der Waals surface area contributed by atoms with E-state index in [0.29, 0.717) is 31.6 Å². The molecule has 0 aromatic heterocycles. The molecule has 2 saturated heterocycles. The van der Waals surface area contributed by atoms with Crippen LogP contribution in [0.25, 0.3) is 0 Å². The van der Waals surface area contributed by atoms with Crippen LogP contribution in [0.1, 0.15) is 44.1 Å². The van der Waals surface area contributed by atoms with E-state index in [1.165, 1.54) is 4.90 Å². The molecule has 10 heteroatoms. The zero-order valence-electron chi connectivity index (χ0n) is 19.6. The Morgan fingerprint density at radius 1 is 1.15 bits per heavy atom. The molecule has 34 heavy (non-hydrogen) atoms. The number of carbonyl (C=O) groups excluding carboxylic acids is 2. The number of carboxylic acids is 1. The number of aliphatic carboxylic acids is 1. The number of hydrogen-bond donors (Lipinski definition) is 1. The Morgan fingerprint density at radius 3 is 2.47 bits per heavy atom. The Bertz CT molecular complexity index is 961. The third kappa shape index (κ3) is 7.02. The molecule has 1 aromatic carbocycles. The lowest BCUT2D eigenvalue weighted by atomic mass is 10.0. The summed E-state index contributed by atoms with van der Waals surface area (Å²) in [6.45, 7) is 1.46. The molecule has 2 atom stereocenters. The standard InChI is InChI=1S/C24H34N2O7S/c1-25(20-11-14-33-15-12-20)22(27)10-9-19(23(28)26-13-5-8-21(26)24(29)30)17-34(31,32)16-18-6-3-2-4-7-18/h2-4,6-7,19-21H,5,8-17H2,1H3,(H,29,30)/t19-,21?/m0/s1. The second kappa shape index (κ2) is 11.8. The number of carboxylic acid groups (broad SMARTS) is 1. The number of carbonyl (C=O) groups is 3. The predicted octanol–water partition coefficient (Wildman–Crippen LogP) is 1.71. The van der Waals surface area contributed by atoms with Crippen LogP contribution in [0.3, 0.4) is 0 Å². The van der Waals surface area contributed by atoms with Crippen LogP contribution in [0.4, 0.5) is 0 Å². The van der Waals surface area contributed by atoms with Crippen molar-refractivity contribution in [2.45, 2.75) is 56.4 Å². The van der Waals surface area contributed by atoms with Crippen molar-refractivity contribution >= 4 is 27.6 Å². The van der Waals surface area contributed by atoms with Gasteiger partial charge in [0.05, 0.1) is 17.4 Å². The second-order valence-corrected chi connectivity index (χ2v) is 11.3. The van der Waals surface area contributed by atoms with E-state index in [9.17, 15) is 27.9 Å². The summed E-state index contributed by atoms with van der Waals surface area (Å²) in [5.41, 5.74) is 0.619. The third-order valence-electron chi connectivity index (χ3n) is 6.69. The minimum absolute atomic E-state index is 0.0245. The van der Waals surface area contributed by atoms with E-state index in [1.807, 2.05) is 0 Å². The van der Waals surface area contributed by atoms with Gasteiger partial charge in [0.1, 0.15) is 6.04 Å². The molecule has 1 unspecified atom stereocenters. The Kier molecular flexibility index (Phi) is 9.07. The molecule has 188 valence electrons. The van der Waals surface area contributed by atoms with Crippen molar-refractivity contribution < 1.29 is 32.6 Å². The lowest BCUT2D eigenvalue weighted by Crippen LogP contribution is -2.45. The SMILES string of the molecule is CN(C(=O)CC[C@@H](CS(=O)(=O)Cc1ccccc1)C(=O)N1CCCC1C(=O)O)C1CCOCC1. The van der Waals surface area contributed by atoms with E-state index in [2.05, 4.69) is 0 Å². The monoisotopic (exact) mass is 494 g/mol. The molecule has 2 aliphatic heterocycles. The molecular weight excluding hydrogens is 460 g/mol. The van der Waals surface area contributed by atoms with Gasteiger partial charge >= 0.3 is 5.97 Å². The van der Waals surface area contributed by atoms with Crippen molar-refractivity contribution in [2.24, 2.45) is 5.92 Å². The van der Waals surface area contributed by atoms with Gasteiger partial charge < -0.3 is 19.6 Å². The summed E-state index contributed by atoms with van der Waals surface area (Å²) >= 11 is 0. The molecule has 9 nitrogen and oxygen atoms in total. The first kappa shape index (κ1) is 26.2. The molecule has 2 aliphatic rings. The van der Waals surface area contributed by atoms with Gasteiger partial charge in [-0.3, -0.25) is 9.59 Å². The first-order chi connectivity index (χ1) is 16.2. The number of nitrogens with zero attached hydrogens (tertiary/aromatic N) is 2. The van der Waals surface area contributed by atoms with E-state index in [0.717, 1.165) is 12.8 Å². The second-order valence-electron chi connectivity index (χ2n) is 9.15. The molecule has 1 N–H and O–H groups in total. The van der Waals surface area contributed by atoms with Gasteiger partial charge in [0.2, 0.25) is 11.8 Å². The third-order valence-corrected chi connectivity index (χ3v) is 8.38. The molecule has 1 aromatic rings. The lowest BCUT2D eigenvalue weighted by Gasteiger charge is -2.32. The van der Waals surface area contributed by atoms with Gasteiger partial charge in [0.25, 0.3) is 0 Å². The van der Waals surface area contributed by atoms with Gasteiger partial charge in [-0.05, 0) is 37.7 Å². The summed E-state index contributed by atoms with van der Waals surface area (Å²) in [7, 11) is -1.95. The highest BCUT2D eigenvalue weighted by Gasteiger charge is 2.39. The van der Waals surface area contributed by atoms with E-state index in [4.69, 9.17) is 4.74 Å². The normalized spacial score (nSPS) is 20.1. The number of amides is 2. The molecule has 2 heterocycles. The maximum absolute atomic E-state index is 13.3. The number of benzene rings is 1. The summed E-state index contributed by atoms with van der Waals surface area (Å²) in [5.74, 6) is -3.34. The van der Waals surface area contributed by atoms with Gasteiger partial charge in [-0.1, -0.05) is 30.3 Å². The fourth-order valence-electron chi connectivity index (χ4n) is 4.74. The highest BCUT2D eigenvalue weighted by molar-refractivity contribution is 7.90. The maximum atomic E-state index is 13.3. The fraction of sp³-hybridized carbons (Fsp3) is 0.625. The van der Waals surface area contributed by atoms with Crippen LogP contribution in [0.5, 0.6) is 0 Å². The fourth-order valence-corrected chi connectivity index (χ4v) is 6.48. The molecule has 0 bridgehead atoms. The minimum atomic E-state index is -3.67. The first-order valence-corrected chi connectivity index (χ1v) is 13.6. The topological polar surface area (TPSA) is 121 Å². The van der Waals surface area contributed by atoms with Crippen molar-refractivity contribution in [3.63, 3.8) is 0 Å². The summed E-state index contributed by atoms with van der Waals surface area (Å²) in [6, 6.07) is 7.82.